The molecule has 1 aliphatic heterocycles. The first kappa shape index (κ1) is 18.0. The summed E-state index contributed by atoms with van der Waals surface area (Å²) in [5.41, 5.74) is 2.50. The number of rotatable bonds is 6. The van der Waals surface area contributed by atoms with Crippen molar-refractivity contribution in [3.05, 3.63) is 17.5 Å². The summed E-state index contributed by atoms with van der Waals surface area (Å²) in [5, 5.41) is 7.61. The highest BCUT2D eigenvalue weighted by atomic mass is 16.2. The maximum absolute atomic E-state index is 12.7. The number of aryl methyl sites for hydroxylation is 1. The highest BCUT2D eigenvalue weighted by molar-refractivity contribution is 5.79. The van der Waals surface area contributed by atoms with Gasteiger partial charge in [0, 0.05) is 44.6 Å². The van der Waals surface area contributed by atoms with Crippen LogP contribution in [0.5, 0.6) is 0 Å². The molecule has 0 saturated carbocycles. The molecule has 1 aliphatic carbocycles. The Kier molecular flexibility index (Phi) is 5.45. The van der Waals surface area contributed by atoms with E-state index in [0.29, 0.717) is 30.8 Å². The molecule has 6 nitrogen and oxygen atoms in total. The Hall–Kier alpha value is -1.85. The first-order valence-electron chi connectivity index (χ1n) is 9.62. The van der Waals surface area contributed by atoms with Crippen molar-refractivity contribution in [2.75, 3.05) is 19.6 Å². The first-order chi connectivity index (χ1) is 12.0. The molecule has 1 saturated heterocycles. The van der Waals surface area contributed by atoms with Gasteiger partial charge in [0.05, 0.1) is 12.2 Å². The SMILES string of the molecule is CCC(CC)C(=O)N1C[C@H]2CCc3cn(CCNC(C)=O)nc3[C@H]2C1. The maximum atomic E-state index is 12.7. The van der Waals surface area contributed by atoms with Crippen molar-refractivity contribution in [3.8, 4) is 0 Å². The molecule has 1 aromatic rings. The molecule has 138 valence electrons. The van der Waals surface area contributed by atoms with E-state index >= 15 is 0 Å². The Morgan fingerprint density at radius 3 is 2.76 bits per heavy atom. The van der Waals surface area contributed by atoms with Crippen molar-refractivity contribution in [2.24, 2.45) is 11.8 Å². The molecule has 0 bridgehead atoms. The fourth-order valence-corrected chi connectivity index (χ4v) is 4.33. The standard InChI is InChI=1S/C19H30N4O2/c1-4-14(5-2)19(25)22-10-15-6-7-16-11-23(9-8-20-13(3)24)21-18(16)17(15)12-22/h11,14-15,17H,4-10,12H2,1-3H3,(H,20,24)/t15-,17+/m1/s1. The number of amides is 2. The van der Waals surface area contributed by atoms with Crippen LogP contribution in [0.4, 0.5) is 0 Å². The Morgan fingerprint density at radius 2 is 2.08 bits per heavy atom. The third-order valence-corrected chi connectivity index (χ3v) is 5.81. The number of carbonyl (C=O) groups is 2. The van der Waals surface area contributed by atoms with Crippen molar-refractivity contribution in [2.45, 2.75) is 58.9 Å². The summed E-state index contributed by atoms with van der Waals surface area (Å²) in [4.78, 5) is 25.8. The van der Waals surface area contributed by atoms with Gasteiger partial charge in [0.1, 0.15) is 0 Å². The Morgan fingerprint density at radius 1 is 1.32 bits per heavy atom. The van der Waals surface area contributed by atoms with Gasteiger partial charge in [-0.1, -0.05) is 13.8 Å². The number of carbonyl (C=O) groups excluding carboxylic acids is 2. The van der Waals surface area contributed by atoms with Crippen molar-refractivity contribution < 1.29 is 9.59 Å². The van der Waals surface area contributed by atoms with E-state index in [1.807, 2.05) is 4.68 Å². The lowest BCUT2D eigenvalue weighted by Gasteiger charge is -2.22. The lowest BCUT2D eigenvalue weighted by Crippen LogP contribution is -2.34. The van der Waals surface area contributed by atoms with Gasteiger partial charge >= 0.3 is 0 Å². The van der Waals surface area contributed by atoms with Crippen LogP contribution in [0.1, 0.15) is 57.2 Å². The van der Waals surface area contributed by atoms with Crippen LogP contribution in [-0.2, 0) is 22.6 Å². The molecule has 3 rings (SSSR count). The maximum Gasteiger partial charge on any atom is 0.225 e. The molecule has 6 heteroatoms. The molecule has 0 aromatic carbocycles. The van der Waals surface area contributed by atoms with E-state index in [1.165, 1.54) is 18.2 Å². The van der Waals surface area contributed by atoms with Crippen LogP contribution in [0, 0.1) is 11.8 Å². The zero-order chi connectivity index (χ0) is 18.0. The van der Waals surface area contributed by atoms with Gasteiger partial charge in [-0.25, -0.2) is 0 Å². The molecule has 2 amide bonds. The van der Waals surface area contributed by atoms with Crippen LogP contribution in [0.25, 0.3) is 0 Å². The third kappa shape index (κ3) is 3.72. The number of fused-ring (bicyclic) bond motifs is 3. The van der Waals surface area contributed by atoms with E-state index in [1.54, 1.807) is 0 Å². The van der Waals surface area contributed by atoms with Crippen molar-refractivity contribution in [1.29, 1.82) is 0 Å². The number of nitrogens with one attached hydrogen (secondary N) is 1. The molecule has 1 aromatic heterocycles. The fourth-order valence-electron chi connectivity index (χ4n) is 4.33. The van der Waals surface area contributed by atoms with Gasteiger partial charge < -0.3 is 10.2 Å². The normalized spacial score (nSPS) is 22.0. The third-order valence-electron chi connectivity index (χ3n) is 5.81. The van der Waals surface area contributed by atoms with Gasteiger partial charge in [-0.3, -0.25) is 14.3 Å². The van der Waals surface area contributed by atoms with E-state index < -0.39 is 0 Å². The quantitative estimate of drug-likeness (QED) is 0.856. The molecule has 1 fully saturated rings. The topological polar surface area (TPSA) is 67.2 Å². The van der Waals surface area contributed by atoms with Gasteiger partial charge in [0.25, 0.3) is 0 Å². The molecular formula is C19H30N4O2. The second-order valence-electron chi connectivity index (χ2n) is 7.45. The predicted molar refractivity (Wildman–Crippen MR) is 96.1 cm³/mol. The average molecular weight is 346 g/mol. The summed E-state index contributed by atoms with van der Waals surface area (Å²) in [7, 11) is 0. The fraction of sp³-hybridized carbons (Fsp3) is 0.737. The number of hydrogen-bond donors (Lipinski definition) is 1. The molecule has 25 heavy (non-hydrogen) atoms. The molecule has 2 heterocycles. The van der Waals surface area contributed by atoms with E-state index in [2.05, 4.69) is 30.3 Å². The van der Waals surface area contributed by atoms with Crippen LogP contribution < -0.4 is 5.32 Å². The van der Waals surface area contributed by atoms with Gasteiger partial charge in [0.15, 0.2) is 0 Å². The molecule has 0 spiro atoms. The number of likely N-dealkylation sites (tertiary alicyclic amines) is 1. The number of hydrogen-bond acceptors (Lipinski definition) is 3. The van der Waals surface area contributed by atoms with Crippen LogP contribution in [0.3, 0.4) is 0 Å². The van der Waals surface area contributed by atoms with Crippen molar-refractivity contribution >= 4 is 11.8 Å². The minimum Gasteiger partial charge on any atom is -0.354 e. The minimum absolute atomic E-state index is 0.0108. The van der Waals surface area contributed by atoms with Crippen molar-refractivity contribution in [1.82, 2.24) is 20.0 Å². The van der Waals surface area contributed by atoms with Crippen LogP contribution >= 0.6 is 0 Å². The summed E-state index contributed by atoms with van der Waals surface area (Å²) in [5.74, 6) is 1.40. The van der Waals surface area contributed by atoms with Crippen molar-refractivity contribution in [3.63, 3.8) is 0 Å². The van der Waals surface area contributed by atoms with E-state index in [0.717, 1.165) is 38.8 Å². The number of aromatic nitrogens is 2. The Bertz CT molecular complexity index is 635. The number of nitrogens with zero attached hydrogens (tertiary/aromatic N) is 3. The molecule has 2 atom stereocenters. The summed E-state index contributed by atoms with van der Waals surface area (Å²) >= 11 is 0. The van der Waals surface area contributed by atoms with Crippen LogP contribution in [0.15, 0.2) is 6.20 Å². The summed E-state index contributed by atoms with van der Waals surface area (Å²) in [6, 6.07) is 0. The first-order valence-corrected chi connectivity index (χ1v) is 9.62. The lowest BCUT2D eigenvalue weighted by molar-refractivity contribution is -0.134. The Balaban J connectivity index is 1.68. The van der Waals surface area contributed by atoms with E-state index in [9.17, 15) is 9.59 Å². The molecule has 1 N–H and O–H groups in total. The second-order valence-corrected chi connectivity index (χ2v) is 7.45. The second kappa shape index (κ2) is 7.58. The van der Waals surface area contributed by atoms with E-state index in [-0.39, 0.29) is 11.8 Å². The summed E-state index contributed by atoms with van der Waals surface area (Å²) in [6.45, 7) is 8.73. The minimum atomic E-state index is -0.0108. The Labute approximate surface area is 149 Å². The smallest absolute Gasteiger partial charge is 0.225 e. The van der Waals surface area contributed by atoms with Gasteiger partial charge in [0.2, 0.25) is 11.8 Å². The molecule has 0 unspecified atom stereocenters. The van der Waals surface area contributed by atoms with Crippen LogP contribution in [-0.4, -0.2) is 46.1 Å². The van der Waals surface area contributed by atoms with Crippen LogP contribution in [0.2, 0.25) is 0 Å². The van der Waals surface area contributed by atoms with Gasteiger partial charge in [-0.15, -0.1) is 0 Å². The molecule has 2 aliphatic rings. The van der Waals surface area contributed by atoms with Gasteiger partial charge in [-0.05, 0) is 37.2 Å². The van der Waals surface area contributed by atoms with E-state index in [4.69, 9.17) is 5.10 Å². The monoisotopic (exact) mass is 346 g/mol. The molecular weight excluding hydrogens is 316 g/mol. The highest BCUT2D eigenvalue weighted by Crippen LogP contribution is 2.41. The largest absolute Gasteiger partial charge is 0.354 e. The van der Waals surface area contributed by atoms with Gasteiger partial charge in [-0.2, -0.15) is 5.10 Å². The highest BCUT2D eigenvalue weighted by Gasteiger charge is 2.41. The zero-order valence-corrected chi connectivity index (χ0v) is 15.6. The predicted octanol–water partition coefficient (Wildman–Crippen LogP) is 1.94. The average Bonchev–Trinajstić information content (AvgIpc) is 3.18. The summed E-state index contributed by atoms with van der Waals surface area (Å²) in [6.07, 6.45) is 6.15. The summed E-state index contributed by atoms with van der Waals surface area (Å²) < 4.78 is 1.95. The zero-order valence-electron chi connectivity index (χ0n) is 15.6. The molecule has 0 radical (unpaired) electrons. The lowest BCUT2D eigenvalue weighted by atomic mass is 9.81.